The van der Waals surface area contributed by atoms with E-state index in [1.54, 1.807) is 4.52 Å². The number of carbonyl (C=O) groups is 2. The lowest BCUT2D eigenvalue weighted by atomic mass is 10.0. The van der Waals surface area contributed by atoms with Crippen LogP contribution in [0.25, 0.3) is 16.2 Å². The van der Waals surface area contributed by atoms with Crippen LogP contribution in [0, 0.1) is 13.8 Å². The molecule has 1 aromatic carbocycles. The predicted octanol–water partition coefficient (Wildman–Crippen LogP) is 3.66. The van der Waals surface area contributed by atoms with Gasteiger partial charge in [-0.2, -0.15) is 5.10 Å². The second-order valence-corrected chi connectivity index (χ2v) is 9.13. The van der Waals surface area contributed by atoms with Crippen LogP contribution in [0.5, 0.6) is 0 Å². The Labute approximate surface area is 195 Å². The topological polar surface area (TPSA) is 128 Å². The van der Waals surface area contributed by atoms with Gasteiger partial charge in [0.1, 0.15) is 10.6 Å². The van der Waals surface area contributed by atoms with Gasteiger partial charge in [-0.1, -0.05) is 49.4 Å². The molecule has 0 fully saturated rings. The van der Waals surface area contributed by atoms with Crippen LogP contribution in [-0.2, 0) is 11.2 Å². The zero-order chi connectivity index (χ0) is 23.7. The van der Waals surface area contributed by atoms with Crippen LogP contribution in [0.15, 0.2) is 30.5 Å². The maximum absolute atomic E-state index is 12.6. The molecule has 10 heteroatoms. The van der Waals surface area contributed by atoms with Crippen molar-refractivity contribution in [3.05, 3.63) is 58.5 Å². The third kappa shape index (κ3) is 4.61. The average Bonchev–Trinajstić information content (AvgIpc) is 3.41. The number of nitrogens with two attached hydrogens (primary N) is 1. The van der Waals surface area contributed by atoms with Gasteiger partial charge >= 0.3 is 0 Å². The number of nitrogens with zero attached hydrogens (tertiary/aromatic N) is 5. The molecule has 3 heterocycles. The molecule has 3 N–H and O–H groups in total. The van der Waals surface area contributed by atoms with Gasteiger partial charge in [0, 0.05) is 23.4 Å². The Balaban J connectivity index is 1.43. The van der Waals surface area contributed by atoms with Crippen LogP contribution in [0.4, 0.5) is 5.13 Å². The molecule has 33 heavy (non-hydrogen) atoms. The number of aromatic nitrogens is 5. The van der Waals surface area contributed by atoms with E-state index in [0.717, 1.165) is 27.5 Å². The third-order valence-corrected chi connectivity index (χ3v) is 6.46. The highest BCUT2D eigenvalue weighted by Gasteiger charge is 2.17. The number of benzene rings is 1. The van der Waals surface area contributed by atoms with Crippen molar-refractivity contribution in [2.75, 3.05) is 5.32 Å². The number of hydrogen-bond donors (Lipinski definition) is 2. The SMILES string of the molecule is Cc1nc2c(C(N)=O)cnn2c(C)c1CCC(=O)Nc1nnc(-c2ccc(C(C)C)cc2)s1. The molecule has 0 unspecified atom stereocenters. The van der Waals surface area contributed by atoms with Gasteiger partial charge in [-0.15, -0.1) is 10.2 Å². The van der Waals surface area contributed by atoms with E-state index in [9.17, 15) is 9.59 Å². The van der Waals surface area contributed by atoms with E-state index in [1.165, 1.54) is 23.1 Å². The van der Waals surface area contributed by atoms with Crippen LogP contribution >= 0.6 is 11.3 Å². The number of nitrogens with one attached hydrogen (secondary N) is 1. The molecule has 4 aromatic rings. The first-order valence-electron chi connectivity index (χ1n) is 10.6. The smallest absolute Gasteiger partial charge is 0.254 e. The lowest BCUT2D eigenvalue weighted by molar-refractivity contribution is -0.116. The lowest BCUT2D eigenvalue weighted by Gasteiger charge is -2.11. The molecular formula is C23H25N7O2S. The van der Waals surface area contributed by atoms with Crippen molar-refractivity contribution in [2.45, 2.75) is 46.5 Å². The van der Waals surface area contributed by atoms with Gasteiger partial charge in [0.15, 0.2) is 5.65 Å². The minimum Gasteiger partial charge on any atom is -0.365 e. The summed E-state index contributed by atoms with van der Waals surface area (Å²) in [6.45, 7) is 8.03. The van der Waals surface area contributed by atoms with Crippen LogP contribution in [-0.4, -0.2) is 36.6 Å². The molecule has 0 atom stereocenters. The summed E-state index contributed by atoms with van der Waals surface area (Å²) in [5.41, 5.74) is 10.8. The molecule has 0 aliphatic heterocycles. The van der Waals surface area contributed by atoms with Gasteiger partial charge in [0.05, 0.1) is 6.20 Å². The second kappa shape index (κ2) is 9.07. The van der Waals surface area contributed by atoms with E-state index in [2.05, 4.69) is 51.6 Å². The quantitative estimate of drug-likeness (QED) is 0.430. The number of carbonyl (C=O) groups excluding carboxylic acids is 2. The van der Waals surface area contributed by atoms with Gasteiger partial charge in [-0.25, -0.2) is 9.50 Å². The highest BCUT2D eigenvalue weighted by atomic mass is 32.1. The fraction of sp³-hybridized carbons (Fsp3) is 0.304. The zero-order valence-corrected chi connectivity index (χ0v) is 19.7. The van der Waals surface area contributed by atoms with Crippen molar-refractivity contribution < 1.29 is 9.59 Å². The fourth-order valence-corrected chi connectivity index (χ4v) is 4.43. The molecule has 4 rings (SSSR count). The molecular weight excluding hydrogens is 438 g/mol. The van der Waals surface area contributed by atoms with E-state index in [-0.39, 0.29) is 17.9 Å². The fourth-order valence-electron chi connectivity index (χ4n) is 3.67. The van der Waals surface area contributed by atoms with E-state index < -0.39 is 5.91 Å². The Bertz CT molecular complexity index is 1340. The summed E-state index contributed by atoms with van der Waals surface area (Å²) in [5.74, 6) is -0.272. The number of hydrogen-bond acceptors (Lipinski definition) is 7. The second-order valence-electron chi connectivity index (χ2n) is 8.16. The van der Waals surface area contributed by atoms with Crippen molar-refractivity contribution in [1.82, 2.24) is 24.8 Å². The first-order valence-corrected chi connectivity index (χ1v) is 11.4. The zero-order valence-electron chi connectivity index (χ0n) is 18.9. The van der Waals surface area contributed by atoms with Gasteiger partial charge in [-0.05, 0) is 37.3 Å². The molecule has 0 saturated heterocycles. The first kappa shape index (κ1) is 22.5. The number of anilines is 1. The molecule has 2 amide bonds. The largest absolute Gasteiger partial charge is 0.365 e. The summed E-state index contributed by atoms with van der Waals surface area (Å²) in [6.07, 6.45) is 2.13. The summed E-state index contributed by atoms with van der Waals surface area (Å²) in [6, 6.07) is 8.21. The number of fused-ring (bicyclic) bond motifs is 1. The van der Waals surface area contributed by atoms with Gasteiger partial charge in [0.25, 0.3) is 5.91 Å². The molecule has 0 spiro atoms. The summed E-state index contributed by atoms with van der Waals surface area (Å²) in [5, 5.41) is 16.6. The van der Waals surface area contributed by atoms with Crippen LogP contribution in [0.3, 0.4) is 0 Å². The van der Waals surface area contributed by atoms with Crippen molar-refractivity contribution in [1.29, 1.82) is 0 Å². The van der Waals surface area contributed by atoms with Gasteiger partial charge in [-0.3, -0.25) is 9.59 Å². The lowest BCUT2D eigenvalue weighted by Crippen LogP contribution is -2.15. The maximum atomic E-state index is 12.6. The Hall–Kier alpha value is -3.66. The van der Waals surface area contributed by atoms with E-state index >= 15 is 0 Å². The van der Waals surface area contributed by atoms with Crippen LogP contribution in [0.2, 0.25) is 0 Å². The summed E-state index contributed by atoms with van der Waals surface area (Å²) in [7, 11) is 0. The van der Waals surface area contributed by atoms with Crippen molar-refractivity contribution in [3.63, 3.8) is 0 Å². The Morgan fingerprint density at radius 1 is 1.15 bits per heavy atom. The average molecular weight is 464 g/mol. The van der Waals surface area contributed by atoms with Crippen molar-refractivity contribution >= 4 is 33.9 Å². The van der Waals surface area contributed by atoms with Crippen molar-refractivity contribution in [3.8, 4) is 10.6 Å². The van der Waals surface area contributed by atoms with E-state index in [4.69, 9.17) is 5.73 Å². The minimum absolute atomic E-state index is 0.162. The van der Waals surface area contributed by atoms with Gasteiger partial charge in [0.2, 0.25) is 11.0 Å². The normalized spacial score (nSPS) is 11.3. The molecule has 0 aliphatic carbocycles. The monoisotopic (exact) mass is 463 g/mol. The Morgan fingerprint density at radius 2 is 1.88 bits per heavy atom. The molecule has 3 aromatic heterocycles. The Kier molecular flexibility index (Phi) is 6.19. The first-order chi connectivity index (χ1) is 15.7. The van der Waals surface area contributed by atoms with Gasteiger partial charge < -0.3 is 11.1 Å². The third-order valence-electron chi connectivity index (χ3n) is 5.57. The van der Waals surface area contributed by atoms with E-state index in [0.29, 0.717) is 23.1 Å². The van der Waals surface area contributed by atoms with E-state index in [1.807, 2.05) is 26.0 Å². The maximum Gasteiger partial charge on any atom is 0.254 e. The number of aryl methyl sites for hydroxylation is 2. The summed E-state index contributed by atoms with van der Waals surface area (Å²) >= 11 is 1.34. The number of rotatable bonds is 7. The molecule has 0 aliphatic rings. The summed E-state index contributed by atoms with van der Waals surface area (Å²) < 4.78 is 1.59. The predicted molar refractivity (Wildman–Crippen MR) is 127 cm³/mol. The van der Waals surface area contributed by atoms with Crippen LogP contribution < -0.4 is 11.1 Å². The van der Waals surface area contributed by atoms with Crippen molar-refractivity contribution in [2.24, 2.45) is 5.73 Å². The number of primary amides is 1. The highest BCUT2D eigenvalue weighted by Crippen LogP contribution is 2.28. The summed E-state index contributed by atoms with van der Waals surface area (Å²) in [4.78, 5) is 28.6. The standard InChI is InChI=1S/C23H25N7O2S/c1-12(2)15-5-7-16(8-6-15)22-28-29-23(33-22)27-19(31)10-9-17-13(3)26-21-18(20(24)32)11-25-30(21)14(17)4/h5-8,11-12H,9-10H2,1-4H3,(H2,24,32)(H,27,29,31). The minimum atomic E-state index is -0.573. The molecule has 0 bridgehead atoms. The van der Waals surface area contributed by atoms with Crippen LogP contribution in [0.1, 0.15) is 59.1 Å². The number of amides is 2. The Morgan fingerprint density at radius 3 is 2.55 bits per heavy atom. The highest BCUT2D eigenvalue weighted by molar-refractivity contribution is 7.18. The molecule has 0 radical (unpaired) electrons. The molecule has 9 nitrogen and oxygen atoms in total. The molecule has 0 saturated carbocycles. The molecule has 170 valence electrons.